The SMILES string of the molecule is COc1ccc(-c2nc(C(=O)NC(C)(C)C)sc2C(=O)O)cc1. The van der Waals surface area contributed by atoms with Gasteiger partial charge in [0.2, 0.25) is 0 Å². The van der Waals surface area contributed by atoms with Crippen LogP contribution in [0.25, 0.3) is 11.3 Å². The predicted octanol–water partition coefficient (Wildman–Crippen LogP) is 3.05. The minimum absolute atomic E-state index is 0.0363. The molecule has 0 unspecified atom stereocenters. The summed E-state index contributed by atoms with van der Waals surface area (Å²) < 4.78 is 5.08. The van der Waals surface area contributed by atoms with Crippen LogP contribution in [0.4, 0.5) is 0 Å². The van der Waals surface area contributed by atoms with Crippen molar-refractivity contribution < 1.29 is 19.4 Å². The molecule has 122 valence electrons. The quantitative estimate of drug-likeness (QED) is 0.897. The van der Waals surface area contributed by atoms with E-state index in [0.29, 0.717) is 11.3 Å². The van der Waals surface area contributed by atoms with Crippen molar-refractivity contribution in [2.75, 3.05) is 7.11 Å². The number of hydrogen-bond acceptors (Lipinski definition) is 5. The van der Waals surface area contributed by atoms with E-state index in [2.05, 4.69) is 10.3 Å². The molecule has 0 atom stereocenters. The zero-order valence-corrected chi connectivity index (χ0v) is 14.2. The number of benzene rings is 1. The summed E-state index contributed by atoms with van der Waals surface area (Å²) in [6, 6.07) is 6.86. The van der Waals surface area contributed by atoms with Gasteiger partial charge in [-0.05, 0) is 45.0 Å². The molecule has 7 heteroatoms. The summed E-state index contributed by atoms with van der Waals surface area (Å²) in [5.74, 6) is -0.834. The van der Waals surface area contributed by atoms with Crippen molar-refractivity contribution in [3.05, 3.63) is 34.2 Å². The van der Waals surface area contributed by atoms with Gasteiger partial charge in [-0.2, -0.15) is 0 Å². The lowest BCUT2D eigenvalue weighted by Gasteiger charge is -2.19. The summed E-state index contributed by atoms with van der Waals surface area (Å²) in [6.45, 7) is 5.54. The highest BCUT2D eigenvalue weighted by atomic mass is 32.1. The molecule has 0 bridgehead atoms. The van der Waals surface area contributed by atoms with Crippen LogP contribution < -0.4 is 10.1 Å². The number of carbonyl (C=O) groups is 2. The first-order valence-electron chi connectivity index (χ1n) is 6.92. The largest absolute Gasteiger partial charge is 0.497 e. The molecule has 1 aromatic carbocycles. The van der Waals surface area contributed by atoms with E-state index in [-0.39, 0.29) is 21.5 Å². The van der Waals surface area contributed by atoms with Crippen LogP contribution >= 0.6 is 11.3 Å². The molecule has 1 amide bonds. The number of amides is 1. The number of thiazole rings is 1. The number of hydrogen-bond donors (Lipinski definition) is 2. The molecular formula is C16H18N2O4S. The van der Waals surface area contributed by atoms with Crippen molar-refractivity contribution in [3.8, 4) is 17.0 Å². The van der Waals surface area contributed by atoms with E-state index in [4.69, 9.17) is 4.74 Å². The molecule has 0 saturated carbocycles. The zero-order valence-electron chi connectivity index (χ0n) is 13.3. The van der Waals surface area contributed by atoms with Gasteiger partial charge in [0.05, 0.1) is 12.8 Å². The first kappa shape index (κ1) is 17.0. The molecule has 0 aliphatic rings. The van der Waals surface area contributed by atoms with Gasteiger partial charge in [0.25, 0.3) is 5.91 Å². The van der Waals surface area contributed by atoms with E-state index in [1.54, 1.807) is 31.4 Å². The molecule has 0 aliphatic heterocycles. The summed E-state index contributed by atoms with van der Waals surface area (Å²) in [4.78, 5) is 27.9. The smallest absolute Gasteiger partial charge is 0.348 e. The molecule has 6 nitrogen and oxygen atoms in total. The number of carboxylic acid groups (broad SMARTS) is 1. The summed E-state index contributed by atoms with van der Waals surface area (Å²) in [6.07, 6.45) is 0. The van der Waals surface area contributed by atoms with Gasteiger partial charge in [-0.3, -0.25) is 4.79 Å². The average Bonchev–Trinajstić information content (AvgIpc) is 2.91. The fourth-order valence-electron chi connectivity index (χ4n) is 1.90. The lowest BCUT2D eigenvalue weighted by atomic mass is 10.1. The van der Waals surface area contributed by atoms with Crippen molar-refractivity contribution in [1.29, 1.82) is 0 Å². The maximum atomic E-state index is 12.2. The third kappa shape index (κ3) is 4.07. The monoisotopic (exact) mass is 334 g/mol. The maximum Gasteiger partial charge on any atom is 0.348 e. The van der Waals surface area contributed by atoms with Gasteiger partial charge in [-0.15, -0.1) is 11.3 Å². The van der Waals surface area contributed by atoms with Gasteiger partial charge >= 0.3 is 5.97 Å². The Morgan fingerprint density at radius 3 is 2.30 bits per heavy atom. The van der Waals surface area contributed by atoms with Crippen LogP contribution in [0, 0.1) is 0 Å². The van der Waals surface area contributed by atoms with E-state index in [1.165, 1.54) is 0 Å². The number of rotatable bonds is 4. The topological polar surface area (TPSA) is 88.5 Å². The molecular weight excluding hydrogens is 316 g/mol. The van der Waals surface area contributed by atoms with Crippen LogP contribution in [-0.2, 0) is 0 Å². The van der Waals surface area contributed by atoms with Crippen molar-refractivity contribution in [2.45, 2.75) is 26.3 Å². The second-order valence-electron chi connectivity index (χ2n) is 5.93. The molecule has 0 spiro atoms. The number of aromatic carboxylic acids is 1. The molecule has 0 fully saturated rings. The molecule has 2 aromatic rings. The molecule has 1 aromatic heterocycles. The molecule has 2 N–H and O–H groups in total. The molecule has 23 heavy (non-hydrogen) atoms. The van der Waals surface area contributed by atoms with Gasteiger partial charge in [0.15, 0.2) is 5.01 Å². The number of nitrogens with one attached hydrogen (secondary N) is 1. The van der Waals surface area contributed by atoms with E-state index >= 15 is 0 Å². The van der Waals surface area contributed by atoms with Crippen LogP contribution in [0.3, 0.4) is 0 Å². The Morgan fingerprint density at radius 1 is 1.22 bits per heavy atom. The second kappa shape index (κ2) is 6.37. The van der Waals surface area contributed by atoms with Crippen LogP contribution in [0.1, 0.15) is 40.2 Å². The molecule has 0 saturated heterocycles. The van der Waals surface area contributed by atoms with Gasteiger partial charge in [0.1, 0.15) is 10.6 Å². The number of methoxy groups -OCH3 is 1. The highest BCUT2D eigenvalue weighted by Gasteiger charge is 2.24. The van der Waals surface area contributed by atoms with Crippen molar-refractivity contribution in [2.24, 2.45) is 0 Å². The standard InChI is InChI=1S/C16H18N2O4S/c1-16(2,3)18-13(19)14-17-11(12(23-14)15(20)21)9-5-7-10(22-4)8-6-9/h5-8H,1-4H3,(H,18,19)(H,20,21). The lowest BCUT2D eigenvalue weighted by molar-refractivity contribution is 0.0702. The Morgan fingerprint density at radius 2 is 1.83 bits per heavy atom. The van der Waals surface area contributed by atoms with Gasteiger partial charge < -0.3 is 15.2 Å². The number of ether oxygens (including phenoxy) is 1. The molecule has 0 radical (unpaired) electrons. The van der Waals surface area contributed by atoms with E-state index in [9.17, 15) is 14.7 Å². The average molecular weight is 334 g/mol. The normalized spacial score (nSPS) is 11.1. The Kier molecular flexibility index (Phi) is 4.70. The van der Waals surface area contributed by atoms with E-state index in [0.717, 1.165) is 11.3 Å². The summed E-state index contributed by atoms with van der Waals surface area (Å²) in [7, 11) is 1.55. The number of aromatic nitrogens is 1. The lowest BCUT2D eigenvalue weighted by Crippen LogP contribution is -2.40. The van der Waals surface area contributed by atoms with Crippen molar-refractivity contribution in [1.82, 2.24) is 10.3 Å². The van der Waals surface area contributed by atoms with Crippen molar-refractivity contribution >= 4 is 23.2 Å². The molecule has 1 heterocycles. The first-order valence-corrected chi connectivity index (χ1v) is 7.74. The highest BCUT2D eigenvalue weighted by Crippen LogP contribution is 2.29. The maximum absolute atomic E-state index is 12.2. The molecule has 2 rings (SSSR count). The molecule has 0 aliphatic carbocycles. The minimum atomic E-state index is -1.11. The number of carboxylic acids is 1. The fraction of sp³-hybridized carbons (Fsp3) is 0.312. The van der Waals surface area contributed by atoms with Gasteiger partial charge in [-0.25, -0.2) is 9.78 Å². The minimum Gasteiger partial charge on any atom is -0.497 e. The Balaban J connectivity index is 2.42. The third-order valence-electron chi connectivity index (χ3n) is 2.87. The van der Waals surface area contributed by atoms with Gasteiger partial charge in [0, 0.05) is 11.1 Å². The Bertz CT molecular complexity index is 730. The van der Waals surface area contributed by atoms with Crippen LogP contribution in [0.2, 0.25) is 0 Å². The van der Waals surface area contributed by atoms with E-state index in [1.807, 2.05) is 20.8 Å². The summed E-state index contributed by atoms with van der Waals surface area (Å²) in [5.41, 5.74) is 0.477. The van der Waals surface area contributed by atoms with Crippen LogP contribution in [0.5, 0.6) is 5.75 Å². The number of carbonyl (C=O) groups excluding carboxylic acids is 1. The van der Waals surface area contributed by atoms with Crippen LogP contribution in [0.15, 0.2) is 24.3 Å². The van der Waals surface area contributed by atoms with E-state index < -0.39 is 11.5 Å². The first-order chi connectivity index (χ1) is 10.7. The second-order valence-corrected chi connectivity index (χ2v) is 6.93. The fourth-order valence-corrected chi connectivity index (χ4v) is 2.72. The van der Waals surface area contributed by atoms with Crippen LogP contribution in [-0.4, -0.2) is 34.6 Å². The Labute approximate surface area is 138 Å². The summed E-state index contributed by atoms with van der Waals surface area (Å²) in [5, 5.41) is 12.3. The zero-order chi connectivity index (χ0) is 17.2. The third-order valence-corrected chi connectivity index (χ3v) is 3.91. The Hall–Kier alpha value is -2.41. The van der Waals surface area contributed by atoms with Crippen molar-refractivity contribution in [3.63, 3.8) is 0 Å². The predicted molar refractivity (Wildman–Crippen MR) is 88.3 cm³/mol. The highest BCUT2D eigenvalue weighted by molar-refractivity contribution is 7.16. The van der Waals surface area contributed by atoms with Gasteiger partial charge in [-0.1, -0.05) is 0 Å². The summed E-state index contributed by atoms with van der Waals surface area (Å²) >= 11 is 0.867. The number of nitrogens with zero attached hydrogens (tertiary/aromatic N) is 1.